The SMILES string of the molecule is CC(=O)[C@@]12CC1[C@@H](n1cnc3c(N[C@@H]4CC4c4ccc(F)c(F)c4)nc(C#Cc4ccccn4)nc31)[C@H](O)C2O. The highest BCUT2D eigenvalue weighted by molar-refractivity contribution is 5.88. The Labute approximate surface area is 227 Å². The van der Waals surface area contributed by atoms with E-state index in [1.807, 2.05) is 6.07 Å². The number of Topliss-reactive ketones (excluding diaryl/α,β-unsaturated/α-hetero) is 1. The van der Waals surface area contributed by atoms with Crippen LogP contribution in [0.2, 0.25) is 0 Å². The maximum atomic E-state index is 13.8. The summed E-state index contributed by atoms with van der Waals surface area (Å²) in [7, 11) is 0. The summed E-state index contributed by atoms with van der Waals surface area (Å²) < 4.78 is 29.0. The molecular formula is C29H24F2N6O3. The molecule has 3 aliphatic rings. The van der Waals surface area contributed by atoms with Gasteiger partial charge in [-0.05, 0) is 67.4 Å². The van der Waals surface area contributed by atoms with E-state index in [1.165, 1.54) is 19.3 Å². The number of aromatic nitrogens is 5. The second kappa shape index (κ2) is 8.87. The zero-order valence-electron chi connectivity index (χ0n) is 21.3. The van der Waals surface area contributed by atoms with Crippen LogP contribution in [-0.2, 0) is 4.79 Å². The Hall–Kier alpha value is -4.27. The van der Waals surface area contributed by atoms with Crippen LogP contribution in [-0.4, -0.2) is 58.7 Å². The third-order valence-electron chi connectivity index (χ3n) is 8.52. The third kappa shape index (κ3) is 3.78. The van der Waals surface area contributed by atoms with Crippen molar-refractivity contribution >= 4 is 22.8 Å². The minimum atomic E-state index is -1.18. The van der Waals surface area contributed by atoms with Crippen LogP contribution in [0, 0.1) is 34.8 Å². The number of anilines is 1. The van der Waals surface area contributed by atoms with Crippen molar-refractivity contribution in [3.63, 3.8) is 0 Å². The number of nitrogens with one attached hydrogen (secondary N) is 1. The summed E-state index contributed by atoms with van der Waals surface area (Å²) in [5, 5.41) is 25.1. The molecule has 0 aliphatic heterocycles. The van der Waals surface area contributed by atoms with Gasteiger partial charge in [-0.15, -0.1) is 0 Å². The van der Waals surface area contributed by atoms with Gasteiger partial charge in [0.2, 0.25) is 5.82 Å². The third-order valence-corrected chi connectivity index (χ3v) is 8.52. The molecular weight excluding hydrogens is 518 g/mol. The number of aliphatic hydroxyl groups excluding tert-OH is 2. The summed E-state index contributed by atoms with van der Waals surface area (Å²) >= 11 is 0. The van der Waals surface area contributed by atoms with Crippen molar-refractivity contribution in [3.8, 4) is 11.8 Å². The predicted molar refractivity (Wildman–Crippen MR) is 139 cm³/mol. The Morgan fingerprint density at radius 3 is 2.70 bits per heavy atom. The van der Waals surface area contributed by atoms with E-state index in [-0.39, 0.29) is 29.5 Å². The fraction of sp³-hybridized carbons (Fsp3) is 0.345. The molecule has 0 amide bonds. The van der Waals surface area contributed by atoms with Gasteiger partial charge >= 0.3 is 0 Å². The second-order valence-corrected chi connectivity index (χ2v) is 10.8. The quantitative estimate of drug-likeness (QED) is 0.329. The first kappa shape index (κ1) is 24.7. The highest BCUT2D eigenvalue weighted by Gasteiger charge is 2.74. The van der Waals surface area contributed by atoms with E-state index in [0.717, 1.165) is 6.07 Å². The Bertz CT molecular complexity index is 1730. The number of halogens is 2. The number of hydrogen-bond donors (Lipinski definition) is 3. The average molecular weight is 543 g/mol. The van der Waals surface area contributed by atoms with E-state index < -0.39 is 35.3 Å². The molecule has 3 fully saturated rings. The maximum Gasteiger partial charge on any atom is 0.209 e. The van der Waals surface area contributed by atoms with Gasteiger partial charge in [-0.2, -0.15) is 0 Å². The number of ketones is 1. The second-order valence-electron chi connectivity index (χ2n) is 10.8. The number of carbonyl (C=O) groups excluding carboxylic acids is 1. The summed E-state index contributed by atoms with van der Waals surface area (Å²) in [6.45, 7) is 1.44. The highest BCUT2D eigenvalue weighted by Crippen LogP contribution is 2.68. The van der Waals surface area contributed by atoms with E-state index in [0.29, 0.717) is 41.1 Å². The van der Waals surface area contributed by atoms with Gasteiger partial charge in [-0.25, -0.2) is 28.7 Å². The summed E-state index contributed by atoms with van der Waals surface area (Å²) in [4.78, 5) is 30.4. The van der Waals surface area contributed by atoms with Crippen LogP contribution in [0.1, 0.15) is 48.8 Å². The number of imidazole rings is 1. The Morgan fingerprint density at radius 1 is 1.12 bits per heavy atom. The zero-order valence-corrected chi connectivity index (χ0v) is 21.3. The van der Waals surface area contributed by atoms with Gasteiger partial charge in [0.25, 0.3) is 0 Å². The maximum absolute atomic E-state index is 13.8. The normalized spacial score (nSPS) is 29.9. The van der Waals surface area contributed by atoms with Gasteiger partial charge in [0, 0.05) is 18.2 Å². The molecule has 9 nitrogen and oxygen atoms in total. The van der Waals surface area contributed by atoms with Crippen molar-refractivity contribution in [3.05, 3.63) is 77.6 Å². The molecule has 3 unspecified atom stereocenters. The molecule has 3 N–H and O–H groups in total. The van der Waals surface area contributed by atoms with Crippen molar-refractivity contribution in [1.29, 1.82) is 0 Å². The van der Waals surface area contributed by atoms with E-state index in [1.54, 1.807) is 29.0 Å². The molecule has 11 heteroatoms. The molecule has 7 atom stereocenters. The lowest BCUT2D eigenvalue weighted by Gasteiger charge is -2.23. The van der Waals surface area contributed by atoms with Crippen LogP contribution in [0.3, 0.4) is 0 Å². The van der Waals surface area contributed by atoms with E-state index >= 15 is 0 Å². The molecule has 4 aromatic rings. The molecule has 202 valence electrons. The number of aliphatic hydroxyl groups is 2. The number of benzene rings is 1. The largest absolute Gasteiger partial charge is 0.389 e. The van der Waals surface area contributed by atoms with Crippen molar-refractivity contribution in [2.45, 2.75) is 50.0 Å². The molecule has 3 saturated carbocycles. The minimum Gasteiger partial charge on any atom is -0.389 e. The lowest BCUT2D eigenvalue weighted by molar-refractivity contribution is -0.128. The van der Waals surface area contributed by atoms with E-state index in [2.05, 4.69) is 37.1 Å². The molecule has 1 aromatic carbocycles. The summed E-state index contributed by atoms with van der Waals surface area (Å²) in [5.41, 5.74) is 1.09. The Balaban J connectivity index is 1.27. The molecule has 3 aromatic heterocycles. The molecule has 0 radical (unpaired) electrons. The number of rotatable bonds is 5. The van der Waals surface area contributed by atoms with Gasteiger partial charge in [-0.3, -0.25) is 4.79 Å². The minimum absolute atomic E-state index is 0.0419. The average Bonchev–Trinajstić information content (AvgIpc) is 3.83. The van der Waals surface area contributed by atoms with Crippen LogP contribution in [0.25, 0.3) is 11.2 Å². The van der Waals surface area contributed by atoms with Crippen molar-refractivity contribution in [2.24, 2.45) is 11.3 Å². The number of carbonyl (C=O) groups is 1. The summed E-state index contributed by atoms with van der Waals surface area (Å²) in [6.07, 6.45) is 1.98. The lowest BCUT2D eigenvalue weighted by atomic mass is 9.95. The Morgan fingerprint density at radius 2 is 1.98 bits per heavy atom. The van der Waals surface area contributed by atoms with Crippen molar-refractivity contribution in [1.82, 2.24) is 24.5 Å². The molecule has 3 aliphatic carbocycles. The first-order valence-corrected chi connectivity index (χ1v) is 13.0. The monoisotopic (exact) mass is 542 g/mol. The predicted octanol–water partition coefficient (Wildman–Crippen LogP) is 2.74. The molecule has 0 bridgehead atoms. The highest BCUT2D eigenvalue weighted by atomic mass is 19.2. The van der Waals surface area contributed by atoms with Crippen molar-refractivity contribution < 1.29 is 23.8 Å². The van der Waals surface area contributed by atoms with Crippen LogP contribution in [0.15, 0.2) is 48.9 Å². The molecule has 3 heterocycles. The Kier molecular flexibility index (Phi) is 5.49. The number of pyridine rings is 1. The fourth-order valence-corrected chi connectivity index (χ4v) is 6.26. The van der Waals surface area contributed by atoms with Crippen LogP contribution < -0.4 is 5.32 Å². The standard InChI is InChI=1S/C29H24F2N6O3/c1-14(38)29-12-18(29)24(25(39)26(29)40)37-13-33-23-27(34-21-11-17(21)15-5-7-19(30)20(31)10-15)35-22(36-28(23)37)8-6-16-4-2-3-9-32-16/h2-5,7,9-10,13,17-18,21,24-26,39-40H,11-12H2,1H3,(H,34,35,36)/t17?,18?,21-,24-,25+,26?,29+/m1/s1. The number of nitrogens with zero attached hydrogens (tertiary/aromatic N) is 5. The molecule has 0 saturated heterocycles. The van der Waals surface area contributed by atoms with Gasteiger partial charge in [0.15, 0.2) is 28.6 Å². The zero-order chi connectivity index (χ0) is 27.8. The van der Waals surface area contributed by atoms with Crippen LogP contribution >= 0.6 is 0 Å². The lowest BCUT2D eigenvalue weighted by Crippen LogP contribution is -2.36. The summed E-state index contributed by atoms with van der Waals surface area (Å²) in [5.74, 6) is 4.27. The fourth-order valence-electron chi connectivity index (χ4n) is 6.26. The summed E-state index contributed by atoms with van der Waals surface area (Å²) in [6, 6.07) is 8.57. The molecule has 40 heavy (non-hydrogen) atoms. The van der Waals surface area contributed by atoms with Gasteiger partial charge in [-0.1, -0.05) is 12.1 Å². The van der Waals surface area contributed by atoms with Crippen LogP contribution in [0.5, 0.6) is 0 Å². The van der Waals surface area contributed by atoms with Crippen LogP contribution in [0.4, 0.5) is 14.6 Å². The van der Waals surface area contributed by atoms with E-state index in [4.69, 9.17) is 0 Å². The topological polar surface area (TPSA) is 126 Å². The van der Waals surface area contributed by atoms with Crippen molar-refractivity contribution in [2.75, 3.05) is 5.32 Å². The van der Waals surface area contributed by atoms with Gasteiger partial charge < -0.3 is 20.1 Å². The van der Waals surface area contributed by atoms with Gasteiger partial charge in [0.05, 0.1) is 23.9 Å². The van der Waals surface area contributed by atoms with E-state index in [9.17, 15) is 23.8 Å². The number of fused-ring (bicyclic) bond motifs is 2. The molecule has 7 rings (SSSR count). The first-order chi connectivity index (χ1) is 19.3. The smallest absolute Gasteiger partial charge is 0.209 e. The number of hydrogen-bond acceptors (Lipinski definition) is 8. The van der Waals surface area contributed by atoms with Gasteiger partial charge in [0.1, 0.15) is 17.6 Å². The molecule has 0 spiro atoms. The first-order valence-electron chi connectivity index (χ1n) is 13.0.